The summed E-state index contributed by atoms with van der Waals surface area (Å²) in [5, 5.41) is 0.145. The Morgan fingerprint density at radius 2 is 1.79 bits per heavy atom. The van der Waals surface area contributed by atoms with Gasteiger partial charge in [0.1, 0.15) is 5.82 Å². The summed E-state index contributed by atoms with van der Waals surface area (Å²) < 4.78 is 39.4. The molecule has 100 valence electrons. The van der Waals surface area contributed by atoms with Crippen molar-refractivity contribution >= 4 is 38.9 Å². The highest BCUT2D eigenvalue weighted by atomic mass is 35.5. The second kappa shape index (κ2) is 5.36. The topological polar surface area (TPSA) is 46.2 Å². The van der Waals surface area contributed by atoms with Gasteiger partial charge in [0, 0.05) is 5.02 Å². The molecule has 2 aromatic rings. The van der Waals surface area contributed by atoms with Gasteiger partial charge in [-0.2, -0.15) is 0 Å². The average Bonchev–Trinajstić information content (AvgIpc) is 2.33. The van der Waals surface area contributed by atoms with Gasteiger partial charge in [-0.15, -0.1) is 0 Å². The van der Waals surface area contributed by atoms with E-state index < -0.39 is 15.8 Å². The lowest BCUT2D eigenvalue weighted by Gasteiger charge is -2.08. The van der Waals surface area contributed by atoms with Gasteiger partial charge in [0.05, 0.1) is 15.6 Å². The maximum absolute atomic E-state index is 13.0. The zero-order chi connectivity index (χ0) is 14.0. The summed E-state index contributed by atoms with van der Waals surface area (Å²) in [6.45, 7) is 0. The van der Waals surface area contributed by atoms with Crippen LogP contribution in [-0.2, 0) is 10.0 Å². The van der Waals surface area contributed by atoms with Crippen molar-refractivity contribution < 1.29 is 12.8 Å². The molecular formula is C12H8Cl2FNO2S. The van der Waals surface area contributed by atoms with E-state index in [1.807, 2.05) is 0 Å². The number of nitrogens with one attached hydrogen (secondary N) is 1. The summed E-state index contributed by atoms with van der Waals surface area (Å²) in [5.41, 5.74) is 0.173. The van der Waals surface area contributed by atoms with E-state index in [0.717, 1.165) is 6.07 Å². The number of benzene rings is 2. The molecule has 0 heterocycles. The molecule has 7 heteroatoms. The molecule has 0 bridgehead atoms. The van der Waals surface area contributed by atoms with Crippen molar-refractivity contribution in [2.24, 2.45) is 0 Å². The number of halogens is 3. The first-order chi connectivity index (χ1) is 8.88. The van der Waals surface area contributed by atoms with Crippen LogP contribution in [-0.4, -0.2) is 8.42 Å². The summed E-state index contributed by atoms with van der Waals surface area (Å²) in [5.74, 6) is -0.618. The fraction of sp³-hybridized carbons (Fsp3) is 0. The Balaban J connectivity index is 2.33. The number of sulfonamides is 1. The normalized spacial score (nSPS) is 11.3. The molecule has 19 heavy (non-hydrogen) atoms. The summed E-state index contributed by atoms with van der Waals surface area (Å²) in [6, 6.07) is 9.36. The Labute approximate surface area is 120 Å². The van der Waals surface area contributed by atoms with E-state index in [9.17, 15) is 12.8 Å². The van der Waals surface area contributed by atoms with Crippen LogP contribution in [0.2, 0.25) is 10.0 Å². The smallest absolute Gasteiger partial charge is 0.261 e. The molecule has 0 aliphatic heterocycles. The van der Waals surface area contributed by atoms with E-state index in [1.165, 1.54) is 30.3 Å². The maximum Gasteiger partial charge on any atom is 0.261 e. The third kappa shape index (κ3) is 3.37. The van der Waals surface area contributed by atoms with Gasteiger partial charge in [-0.25, -0.2) is 12.8 Å². The fourth-order valence-corrected chi connectivity index (χ4v) is 2.94. The van der Waals surface area contributed by atoms with Crippen LogP contribution in [0.5, 0.6) is 0 Å². The summed E-state index contributed by atoms with van der Waals surface area (Å²) in [6.07, 6.45) is 0. The van der Waals surface area contributed by atoms with Gasteiger partial charge < -0.3 is 0 Å². The summed E-state index contributed by atoms with van der Waals surface area (Å²) in [4.78, 5) is 0.0143. The molecule has 1 N–H and O–H groups in total. The van der Waals surface area contributed by atoms with E-state index in [4.69, 9.17) is 23.2 Å². The molecule has 0 aliphatic rings. The molecule has 0 radical (unpaired) electrons. The van der Waals surface area contributed by atoms with Gasteiger partial charge in [0.2, 0.25) is 0 Å². The minimum Gasteiger partial charge on any atom is -0.280 e. The van der Waals surface area contributed by atoms with E-state index in [-0.39, 0.29) is 15.6 Å². The van der Waals surface area contributed by atoms with Gasteiger partial charge in [0.25, 0.3) is 10.0 Å². The van der Waals surface area contributed by atoms with Crippen molar-refractivity contribution in [2.75, 3.05) is 4.72 Å². The largest absolute Gasteiger partial charge is 0.280 e. The van der Waals surface area contributed by atoms with E-state index in [1.54, 1.807) is 6.07 Å². The van der Waals surface area contributed by atoms with Gasteiger partial charge in [-0.1, -0.05) is 29.3 Å². The van der Waals surface area contributed by atoms with Crippen LogP contribution in [0.15, 0.2) is 47.4 Å². The van der Waals surface area contributed by atoms with Gasteiger partial charge in [0.15, 0.2) is 0 Å². The second-order valence-corrected chi connectivity index (χ2v) is 6.22. The van der Waals surface area contributed by atoms with Crippen LogP contribution < -0.4 is 4.72 Å². The molecule has 0 amide bonds. The van der Waals surface area contributed by atoms with E-state index in [0.29, 0.717) is 5.02 Å². The van der Waals surface area contributed by atoms with Gasteiger partial charge in [-0.05, 0) is 36.4 Å². The maximum atomic E-state index is 13.0. The molecule has 0 fully saturated rings. The van der Waals surface area contributed by atoms with Gasteiger partial charge in [-0.3, -0.25) is 4.72 Å². The highest BCUT2D eigenvalue weighted by Gasteiger charge is 2.15. The summed E-state index contributed by atoms with van der Waals surface area (Å²) >= 11 is 11.3. The average molecular weight is 320 g/mol. The lowest BCUT2D eigenvalue weighted by molar-refractivity contribution is 0.601. The monoisotopic (exact) mass is 319 g/mol. The quantitative estimate of drug-likeness (QED) is 0.931. The Morgan fingerprint density at radius 3 is 2.42 bits per heavy atom. The molecule has 2 rings (SSSR count). The molecule has 0 spiro atoms. The van der Waals surface area contributed by atoms with Gasteiger partial charge >= 0.3 is 0 Å². The highest BCUT2D eigenvalue weighted by Crippen LogP contribution is 2.23. The van der Waals surface area contributed by atoms with Crippen LogP contribution in [0.1, 0.15) is 0 Å². The SMILES string of the molecule is O=S(=O)(Nc1ccc(F)c(Cl)c1)c1cccc(Cl)c1. The van der Waals surface area contributed by atoms with Crippen molar-refractivity contribution in [3.63, 3.8) is 0 Å². The third-order valence-corrected chi connectivity index (χ3v) is 4.18. The summed E-state index contributed by atoms with van der Waals surface area (Å²) in [7, 11) is -3.78. The lowest BCUT2D eigenvalue weighted by atomic mass is 10.3. The molecule has 0 aromatic heterocycles. The number of anilines is 1. The first-order valence-corrected chi connectivity index (χ1v) is 7.36. The third-order valence-electron chi connectivity index (χ3n) is 2.28. The van der Waals surface area contributed by atoms with Crippen molar-refractivity contribution in [1.82, 2.24) is 0 Å². The zero-order valence-corrected chi connectivity index (χ0v) is 11.7. The minimum absolute atomic E-state index is 0.0143. The molecule has 0 unspecified atom stereocenters. The number of rotatable bonds is 3. The van der Waals surface area contributed by atoms with Crippen molar-refractivity contribution in [3.8, 4) is 0 Å². The Bertz CT molecular complexity index is 719. The molecule has 2 aromatic carbocycles. The van der Waals surface area contributed by atoms with Crippen LogP contribution >= 0.6 is 23.2 Å². The molecule has 0 saturated carbocycles. The molecule has 0 saturated heterocycles. The number of hydrogen-bond donors (Lipinski definition) is 1. The van der Waals surface area contributed by atoms with Crippen molar-refractivity contribution in [1.29, 1.82) is 0 Å². The standard InChI is InChI=1S/C12H8Cl2FNO2S/c13-8-2-1-3-10(6-8)19(17,18)16-9-4-5-12(15)11(14)7-9/h1-7,16H. The molecule has 0 atom stereocenters. The predicted octanol–water partition coefficient (Wildman–Crippen LogP) is 3.93. The Kier molecular flexibility index (Phi) is 3.99. The van der Waals surface area contributed by atoms with Crippen molar-refractivity contribution in [3.05, 3.63) is 58.3 Å². The number of hydrogen-bond acceptors (Lipinski definition) is 2. The minimum atomic E-state index is -3.78. The highest BCUT2D eigenvalue weighted by molar-refractivity contribution is 7.92. The Hall–Kier alpha value is -1.30. The first-order valence-electron chi connectivity index (χ1n) is 5.12. The zero-order valence-electron chi connectivity index (χ0n) is 9.40. The lowest BCUT2D eigenvalue weighted by Crippen LogP contribution is -2.12. The molecule has 0 aliphatic carbocycles. The van der Waals surface area contributed by atoms with E-state index >= 15 is 0 Å². The Morgan fingerprint density at radius 1 is 1.05 bits per heavy atom. The second-order valence-electron chi connectivity index (χ2n) is 3.69. The first kappa shape index (κ1) is 14.1. The molecule has 3 nitrogen and oxygen atoms in total. The fourth-order valence-electron chi connectivity index (χ4n) is 1.41. The molecular weight excluding hydrogens is 312 g/mol. The van der Waals surface area contributed by atoms with Crippen LogP contribution in [0, 0.1) is 5.82 Å². The van der Waals surface area contributed by atoms with Crippen LogP contribution in [0.3, 0.4) is 0 Å². The van der Waals surface area contributed by atoms with Crippen LogP contribution in [0.25, 0.3) is 0 Å². The van der Waals surface area contributed by atoms with E-state index in [2.05, 4.69) is 4.72 Å². The van der Waals surface area contributed by atoms with Crippen LogP contribution in [0.4, 0.5) is 10.1 Å². The van der Waals surface area contributed by atoms with Crippen molar-refractivity contribution in [2.45, 2.75) is 4.90 Å². The predicted molar refractivity (Wildman–Crippen MR) is 73.7 cm³/mol.